The Morgan fingerprint density at radius 1 is 1.23 bits per heavy atom. The first-order valence-electron chi connectivity index (χ1n) is 8.96. The second-order valence-electron chi connectivity index (χ2n) is 6.61. The highest BCUT2D eigenvalue weighted by Crippen LogP contribution is 2.38. The van der Waals surface area contributed by atoms with E-state index in [9.17, 15) is 9.59 Å². The maximum atomic E-state index is 12.9. The molecule has 0 aliphatic carbocycles. The van der Waals surface area contributed by atoms with Crippen LogP contribution in [0.25, 0.3) is 0 Å². The first kappa shape index (κ1) is 16.7. The number of anilines is 1. The number of carbonyl (C=O) groups excluding carboxylic acids is 2. The van der Waals surface area contributed by atoms with Crippen molar-refractivity contribution in [2.24, 2.45) is 0 Å². The van der Waals surface area contributed by atoms with Gasteiger partial charge in [-0.3, -0.25) is 19.5 Å². The van der Waals surface area contributed by atoms with Crippen LogP contribution in [0, 0.1) is 0 Å². The lowest BCUT2D eigenvalue weighted by Gasteiger charge is -2.24. The molecule has 6 heteroatoms. The molecule has 0 unspecified atom stereocenters. The van der Waals surface area contributed by atoms with Gasteiger partial charge in [0.1, 0.15) is 0 Å². The number of hydrogen-bond donors (Lipinski definition) is 1. The predicted octanol–water partition coefficient (Wildman–Crippen LogP) is 2.47. The molecule has 0 bridgehead atoms. The van der Waals surface area contributed by atoms with Gasteiger partial charge in [0, 0.05) is 25.0 Å². The number of nitrogens with zero attached hydrogens (tertiary/aromatic N) is 2. The zero-order valence-electron chi connectivity index (χ0n) is 14.4. The van der Waals surface area contributed by atoms with Gasteiger partial charge in [-0.2, -0.15) is 0 Å². The van der Waals surface area contributed by atoms with Gasteiger partial charge in [-0.1, -0.05) is 18.2 Å². The Bertz CT molecular complexity index is 803. The Labute approximate surface area is 152 Å². The first-order chi connectivity index (χ1) is 12.7. The number of fused-ring (bicyclic) bond motifs is 1. The number of aromatic nitrogens is 1. The van der Waals surface area contributed by atoms with Gasteiger partial charge in [0.05, 0.1) is 29.8 Å². The van der Waals surface area contributed by atoms with Crippen LogP contribution in [0.2, 0.25) is 0 Å². The largest absolute Gasteiger partial charge is 0.376 e. The molecule has 3 heterocycles. The lowest BCUT2D eigenvalue weighted by Crippen LogP contribution is -2.36. The highest BCUT2D eigenvalue weighted by atomic mass is 16.5. The van der Waals surface area contributed by atoms with Crippen molar-refractivity contribution in [3.05, 3.63) is 59.9 Å². The molecule has 4 rings (SSSR count). The van der Waals surface area contributed by atoms with Crippen LogP contribution in [0.3, 0.4) is 0 Å². The van der Waals surface area contributed by atoms with Gasteiger partial charge in [0.2, 0.25) is 5.91 Å². The summed E-state index contributed by atoms with van der Waals surface area (Å²) in [6.07, 6.45) is 3.95. The smallest absolute Gasteiger partial charge is 0.260 e. The molecule has 0 saturated carbocycles. The number of carbonyl (C=O) groups is 2. The summed E-state index contributed by atoms with van der Waals surface area (Å²) in [6, 6.07) is 12.5. The van der Waals surface area contributed by atoms with Crippen molar-refractivity contribution in [2.75, 3.05) is 18.1 Å². The number of ether oxygens (including phenoxy) is 1. The number of hydrogen-bond acceptors (Lipinski definition) is 4. The second-order valence-corrected chi connectivity index (χ2v) is 6.61. The number of benzene rings is 1. The number of para-hydroxylation sites is 1. The summed E-state index contributed by atoms with van der Waals surface area (Å²) < 4.78 is 5.55. The van der Waals surface area contributed by atoms with Gasteiger partial charge in [0.15, 0.2) is 0 Å². The van der Waals surface area contributed by atoms with Crippen LogP contribution in [-0.2, 0) is 9.53 Å². The molecule has 1 aromatic carbocycles. The van der Waals surface area contributed by atoms with E-state index in [0.717, 1.165) is 25.1 Å². The molecule has 2 amide bonds. The van der Waals surface area contributed by atoms with E-state index in [1.807, 2.05) is 30.3 Å². The molecular formula is C20H21N3O3. The molecule has 1 aromatic heterocycles. The Kier molecular flexibility index (Phi) is 4.67. The fourth-order valence-corrected chi connectivity index (χ4v) is 3.61. The third-order valence-electron chi connectivity index (χ3n) is 4.88. The SMILES string of the molecule is O=C(C[C@@H]1c2ncccc2C(=O)N1c1ccccc1)NC[C@H]1CCCO1. The molecule has 2 aliphatic rings. The van der Waals surface area contributed by atoms with Crippen molar-refractivity contribution in [1.29, 1.82) is 0 Å². The van der Waals surface area contributed by atoms with Crippen molar-refractivity contribution in [2.45, 2.75) is 31.4 Å². The summed E-state index contributed by atoms with van der Waals surface area (Å²) in [5.74, 6) is -0.214. The van der Waals surface area contributed by atoms with Crippen molar-refractivity contribution < 1.29 is 14.3 Å². The molecule has 2 aromatic rings. The third kappa shape index (κ3) is 3.20. The average molecular weight is 351 g/mol. The molecular weight excluding hydrogens is 330 g/mol. The highest BCUT2D eigenvalue weighted by Gasteiger charge is 2.39. The normalized spacial score (nSPS) is 21.7. The van der Waals surface area contributed by atoms with E-state index in [1.165, 1.54) is 0 Å². The number of nitrogens with one attached hydrogen (secondary N) is 1. The molecule has 0 radical (unpaired) electrons. The van der Waals surface area contributed by atoms with Crippen molar-refractivity contribution >= 4 is 17.5 Å². The summed E-state index contributed by atoms with van der Waals surface area (Å²) in [5.41, 5.74) is 1.99. The van der Waals surface area contributed by atoms with Crippen LogP contribution in [0.5, 0.6) is 0 Å². The average Bonchev–Trinajstić information content (AvgIpc) is 3.28. The van der Waals surface area contributed by atoms with Crippen LogP contribution >= 0.6 is 0 Å². The molecule has 1 fully saturated rings. The molecule has 1 saturated heterocycles. The quantitative estimate of drug-likeness (QED) is 0.898. The lowest BCUT2D eigenvalue weighted by molar-refractivity contribution is -0.121. The minimum Gasteiger partial charge on any atom is -0.376 e. The molecule has 2 atom stereocenters. The number of pyridine rings is 1. The van der Waals surface area contributed by atoms with E-state index in [0.29, 0.717) is 17.8 Å². The van der Waals surface area contributed by atoms with Gasteiger partial charge in [-0.15, -0.1) is 0 Å². The molecule has 0 spiro atoms. The maximum Gasteiger partial charge on any atom is 0.260 e. The fraction of sp³-hybridized carbons (Fsp3) is 0.350. The van der Waals surface area contributed by atoms with Gasteiger partial charge >= 0.3 is 0 Å². The van der Waals surface area contributed by atoms with Gasteiger partial charge in [0.25, 0.3) is 5.91 Å². The summed E-state index contributed by atoms with van der Waals surface area (Å²) in [6.45, 7) is 1.27. The van der Waals surface area contributed by atoms with Gasteiger partial charge < -0.3 is 10.1 Å². The zero-order valence-corrected chi connectivity index (χ0v) is 14.4. The highest BCUT2D eigenvalue weighted by molar-refractivity contribution is 6.11. The van der Waals surface area contributed by atoms with E-state index in [1.54, 1.807) is 23.2 Å². The summed E-state index contributed by atoms with van der Waals surface area (Å²) in [4.78, 5) is 31.5. The third-order valence-corrected chi connectivity index (χ3v) is 4.88. The van der Waals surface area contributed by atoms with E-state index >= 15 is 0 Å². The Hall–Kier alpha value is -2.73. The van der Waals surface area contributed by atoms with Crippen molar-refractivity contribution in [3.8, 4) is 0 Å². The Morgan fingerprint density at radius 2 is 2.08 bits per heavy atom. The Balaban J connectivity index is 1.54. The van der Waals surface area contributed by atoms with Gasteiger partial charge in [-0.05, 0) is 37.1 Å². The van der Waals surface area contributed by atoms with E-state index in [-0.39, 0.29) is 24.3 Å². The molecule has 1 N–H and O–H groups in total. The monoisotopic (exact) mass is 351 g/mol. The van der Waals surface area contributed by atoms with E-state index in [4.69, 9.17) is 4.74 Å². The predicted molar refractivity (Wildman–Crippen MR) is 96.8 cm³/mol. The molecule has 6 nitrogen and oxygen atoms in total. The fourth-order valence-electron chi connectivity index (χ4n) is 3.61. The second kappa shape index (κ2) is 7.25. The topological polar surface area (TPSA) is 71.5 Å². The van der Waals surface area contributed by atoms with Crippen LogP contribution in [0.4, 0.5) is 5.69 Å². The molecule has 134 valence electrons. The molecule has 26 heavy (non-hydrogen) atoms. The first-order valence-corrected chi connectivity index (χ1v) is 8.96. The number of rotatable bonds is 5. The standard InChI is InChI=1S/C20H21N3O3/c24-18(22-13-15-8-5-11-26-15)12-17-19-16(9-4-10-21-19)20(25)23(17)14-6-2-1-3-7-14/h1-4,6-7,9-10,15,17H,5,8,11-13H2,(H,22,24)/t15-,17-/m1/s1. The lowest BCUT2D eigenvalue weighted by atomic mass is 10.1. The van der Waals surface area contributed by atoms with E-state index in [2.05, 4.69) is 10.3 Å². The van der Waals surface area contributed by atoms with Crippen LogP contribution in [0.15, 0.2) is 48.7 Å². The Morgan fingerprint density at radius 3 is 2.85 bits per heavy atom. The summed E-state index contributed by atoms with van der Waals surface area (Å²) >= 11 is 0. The zero-order chi connectivity index (χ0) is 17.9. The van der Waals surface area contributed by atoms with E-state index < -0.39 is 6.04 Å². The van der Waals surface area contributed by atoms with Crippen LogP contribution in [0.1, 0.15) is 41.4 Å². The summed E-state index contributed by atoms with van der Waals surface area (Å²) in [7, 11) is 0. The van der Waals surface area contributed by atoms with Crippen LogP contribution < -0.4 is 10.2 Å². The summed E-state index contributed by atoms with van der Waals surface area (Å²) in [5, 5.41) is 2.94. The van der Waals surface area contributed by atoms with Crippen molar-refractivity contribution in [3.63, 3.8) is 0 Å². The van der Waals surface area contributed by atoms with Gasteiger partial charge in [-0.25, -0.2) is 0 Å². The minimum absolute atomic E-state index is 0.0970. The molecule has 2 aliphatic heterocycles. The number of amides is 2. The maximum absolute atomic E-state index is 12.9. The van der Waals surface area contributed by atoms with Crippen molar-refractivity contribution in [1.82, 2.24) is 10.3 Å². The van der Waals surface area contributed by atoms with Crippen LogP contribution in [-0.4, -0.2) is 36.1 Å². The minimum atomic E-state index is -0.398.